The molecular formula is C15H11Cl4NO4S. The molecule has 0 saturated heterocycles. The van der Waals surface area contributed by atoms with E-state index in [9.17, 15) is 13.2 Å². The fraction of sp³-hybridized carbons (Fsp3) is 0.133. The third-order valence-electron chi connectivity index (χ3n) is 3.10. The average molecular weight is 443 g/mol. The van der Waals surface area contributed by atoms with Gasteiger partial charge >= 0.3 is 5.97 Å². The van der Waals surface area contributed by atoms with E-state index in [1.807, 2.05) is 0 Å². The lowest BCUT2D eigenvalue weighted by Crippen LogP contribution is -2.36. The number of carbonyl (C=O) groups excluding carboxylic acids is 1. The maximum atomic E-state index is 13.1. The summed E-state index contributed by atoms with van der Waals surface area (Å²) in [5.41, 5.74) is 0.0824. The van der Waals surface area contributed by atoms with Crippen LogP contribution in [0.15, 0.2) is 41.3 Å². The normalized spacial score (nSPS) is 11.2. The molecule has 10 heteroatoms. The lowest BCUT2D eigenvalue weighted by molar-refractivity contribution is -0.138. The number of ether oxygens (including phenoxy) is 1. The van der Waals surface area contributed by atoms with Gasteiger partial charge in [-0.2, -0.15) is 0 Å². The molecule has 2 aromatic rings. The van der Waals surface area contributed by atoms with Crippen molar-refractivity contribution in [2.45, 2.75) is 4.90 Å². The molecule has 2 rings (SSSR count). The Morgan fingerprint density at radius 2 is 1.60 bits per heavy atom. The third-order valence-corrected chi connectivity index (χ3v) is 6.02. The van der Waals surface area contributed by atoms with E-state index in [1.54, 1.807) is 0 Å². The van der Waals surface area contributed by atoms with E-state index in [0.29, 0.717) is 0 Å². The van der Waals surface area contributed by atoms with Crippen LogP contribution in [0.3, 0.4) is 0 Å². The van der Waals surface area contributed by atoms with Gasteiger partial charge in [-0.3, -0.25) is 9.10 Å². The van der Waals surface area contributed by atoms with E-state index < -0.39 is 22.5 Å². The molecule has 2 aromatic carbocycles. The zero-order chi connectivity index (χ0) is 18.8. The fourth-order valence-corrected chi connectivity index (χ4v) is 4.62. The van der Waals surface area contributed by atoms with Crippen LogP contribution in [-0.2, 0) is 19.6 Å². The molecule has 0 N–H and O–H groups in total. The summed E-state index contributed by atoms with van der Waals surface area (Å²) in [6, 6.07) is 8.12. The number of sulfonamides is 1. The first kappa shape index (κ1) is 20.1. The summed E-state index contributed by atoms with van der Waals surface area (Å²) in [5, 5.41) is 0.520. The average Bonchev–Trinajstić information content (AvgIpc) is 2.53. The highest BCUT2D eigenvalue weighted by molar-refractivity contribution is 7.93. The van der Waals surface area contributed by atoms with E-state index in [4.69, 9.17) is 46.4 Å². The monoisotopic (exact) mass is 441 g/mol. The molecule has 0 atom stereocenters. The molecule has 134 valence electrons. The van der Waals surface area contributed by atoms with Crippen LogP contribution in [0.5, 0.6) is 0 Å². The zero-order valence-electron chi connectivity index (χ0n) is 12.7. The molecule has 0 aromatic heterocycles. The minimum absolute atomic E-state index is 0.0487. The van der Waals surface area contributed by atoms with Gasteiger partial charge in [-0.15, -0.1) is 0 Å². The fourth-order valence-electron chi connectivity index (χ4n) is 1.97. The highest BCUT2D eigenvalue weighted by Crippen LogP contribution is 2.33. The molecule has 0 amide bonds. The lowest BCUT2D eigenvalue weighted by atomic mass is 10.3. The van der Waals surface area contributed by atoms with Gasteiger partial charge in [0.25, 0.3) is 10.0 Å². The Morgan fingerprint density at radius 3 is 2.16 bits per heavy atom. The Labute approximate surface area is 165 Å². The van der Waals surface area contributed by atoms with Crippen LogP contribution in [0.25, 0.3) is 0 Å². The van der Waals surface area contributed by atoms with Gasteiger partial charge in [0.15, 0.2) is 0 Å². The summed E-state index contributed by atoms with van der Waals surface area (Å²) in [7, 11) is -3.10. The largest absolute Gasteiger partial charge is 0.468 e. The summed E-state index contributed by atoms with van der Waals surface area (Å²) in [6.45, 7) is -0.599. The smallest absolute Gasteiger partial charge is 0.326 e. The molecule has 0 bridgehead atoms. The van der Waals surface area contributed by atoms with Crippen molar-refractivity contribution in [3.05, 3.63) is 56.5 Å². The van der Waals surface area contributed by atoms with Gasteiger partial charge < -0.3 is 4.74 Å². The van der Waals surface area contributed by atoms with Crippen molar-refractivity contribution in [1.29, 1.82) is 0 Å². The number of carbonyl (C=O) groups is 1. The van der Waals surface area contributed by atoms with Crippen molar-refractivity contribution < 1.29 is 17.9 Å². The molecule has 0 spiro atoms. The number of anilines is 1. The van der Waals surface area contributed by atoms with Crippen LogP contribution >= 0.6 is 46.4 Å². The number of hydrogen-bond acceptors (Lipinski definition) is 4. The molecule has 0 aliphatic rings. The molecule has 0 heterocycles. The topological polar surface area (TPSA) is 63.7 Å². The summed E-state index contributed by atoms with van der Waals surface area (Å²) in [5.74, 6) is -0.780. The standard InChI is InChI=1S/C15H11Cl4NO4S/c1-24-15(21)8-20(12-5-10(17)4-11(18)6-12)25(22,23)14-7-9(16)2-3-13(14)19/h2-7H,8H2,1H3. The maximum Gasteiger partial charge on any atom is 0.326 e. The molecule has 5 nitrogen and oxygen atoms in total. The second-order valence-electron chi connectivity index (χ2n) is 4.79. The molecule has 0 aliphatic carbocycles. The highest BCUT2D eigenvalue weighted by atomic mass is 35.5. The second kappa shape index (κ2) is 8.01. The number of hydrogen-bond donors (Lipinski definition) is 0. The van der Waals surface area contributed by atoms with Crippen LogP contribution < -0.4 is 4.31 Å². The highest BCUT2D eigenvalue weighted by Gasteiger charge is 2.30. The molecule has 0 radical (unpaired) electrons. The second-order valence-corrected chi connectivity index (χ2v) is 8.34. The summed E-state index contributed by atoms with van der Waals surface area (Å²) in [4.78, 5) is 11.5. The Hall–Kier alpha value is -1.18. The number of halogens is 4. The van der Waals surface area contributed by atoms with Gasteiger partial charge in [0.05, 0.1) is 17.8 Å². The maximum absolute atomic E-state index is 13.1. The molecule has 0 aliphatic heterocycles. The van der Waals surface area contributed by atoms with E-state index >= 15 is 0 Å². The number of benzene rings is 2. The Kier molecular flexibility index (Phi) is 6.45. The zero-order valence-corrected chi connectivity index (χ0v) is 16.5. The van der Waals surface area contributed by atoms with Crippen LogP contribution in [-0.4, -0.2) is 28.0 Å². The first-order chi connectivity index (χ1) is 11.6. The van der Waals surface area contributed by atoms with E-state index in [2.05, 4.69) is 4.74 Å². The minimum Gasteiger partial charge on any atom is -0.468 e. The van der Waals surface area contributed by atoms with Gasteiger partial charge in [0.2, 0.25) is 0 Å². The Balaban J connectivity index is 2.65. The SMILES string of the molecule is COC(=O)CN(c1cc(Cl)cc(Cl)c1)S(=O)(=O)c1cc(Cl)ccc1Cl. The van der Waals surface area contributed by atoms with Crippen molar-refractivity contribution in [2.24, 2.45) is 0 Å². The number of esters is 1. The Morgan fingerprint density at radius 1 is 1.00 bits per heavy atom. The first-order valence-electron chi connectivity index (χ1n) is 6.66. The van der Waals surface area contributed by atoms with E-state index in [1.165, 1.54) is 36.4 Å². The quantitative estimate of drug-likeness (QED) is 0.631. The molecule has 0 fully saturated rings. The van der Waals surface area contributed by atoms with Gasteiger partial charge in [0, 0.05) is 15.1 Å². The number of rotatable bonds is 5. The van der Waals surface area contributed by atoms with Gasteiger partial charge in [-0.05, 0) is 36.4 Å². The van der Waals surface area contributed by atoms with Crippen molar-refractivity contribution in [1.82, 2.24) is 0 Å². The summed E-state index contributed by atoms with van der Waals surface area (Å²) >= 11 is 23.8. The van der Waals surface area contributed by atoms with Crippen molar-refractivity contribution in [3.8, 4) is 0 Å². The van der Waals surface area contributed by atoms with Crippen molar-refractivity contribution >= 4 is 68.1 Å². The van der Waals surface area contributed by atoms with E-state index in [0.717, 1.165) is 11.4 Å². The summed E-state index contributed by atoms with van der Waals surface area (Å²) < 4.78 is 31.5. The van der Waals surface area contributed by atoms with Crippen molar-refractivity contribution in [2.75, 3.05) is 18.0 Å². The number of methoxy groups -OCH3 is 1. The van der Waals surface area contributed by atoms with Crippen LogP contribution in [0.4, 0.5) is 5.69 Å². The Bertz CT molecular complexity index is 897. The van der Waals surface area contributed by atoms with Crippen LogP contribution in [0.2, 0.25) is 20.1 Å². The lowest BCUT2D eigenvalue weighted by Gasteiger charge is -2.24. The van der Waals surface area contributed by atoms with Crippen LogP contribution in [0.1, 0.15) is 0 Å². The first-order valence-corrected chi connectivity index (χ1v) is 9.61. The minimum atomic E-state index is -4.25. The molecule has 0 saturated carbocycles. The third kappa shape index (κ3) is 4.71. The molecule has 25 heavy (non-hydrogen) atoms. The number of nitrogens with zero attached hydrogens (tertiary/aromatic N) is 1. The molecule has 0 unspecified atom stereocenters. The molecular weight excluding hydrogens is 432 g/mol. The van der Waals surface area contributed by atoms with Gasteiger partial charge in [-0.25, -0.2) is 8.42 Å². The predicted octanol–water partition coefficient (Wildman–Crippen LogP) is 4.67. The summed E-state index contributed by atoms with van der Waals surface area (Å²) in [6.07, 6.45) is 0. The predicted molar refractivity (Wildman–Crippen MR) is 99.5 cm³/mol. The van der Waals surface area contributed by atoms with E-state index in [-0.39, 0.29) is 30.7 Å². The van der Waals surface area contributed by atoms with Gasteiger partial charge in [0.1, 0.15) is 11.4 Å². The van der Waals surface area contributed by atoms with Gasteiger partial charge in [-0.1, -0.05) is 46.4 Å². The van der Waals surface area contributed by atoms with Crippen LogP contribution in [0, 0.1) is 0 Å². The van der Waals surface area contributed by atoms with Crippen molar-refractivity contribution in [3.63, 3.8) is 0 Å².